The Hall–Kier alpha value is -3.61. The summed E-state index contributed by atoms with van der Waals surface area (Å²) in [6.07, 6.45) is -4.90. The molecule has 0 saturated carbocycles. The third-order valence-electron chi connectivity index (χ3n) is 4.36. The van der Waals surface area contributed by atoms with Gasteiger partial charge in [-0.25, -0.2) is 4.98 Å². The predicted octanol–water partition coefficient (Wildman–Crippen LogP) is 5.69. The van der Waals surface area contributed by atoms with Crippen LogP contribution in [0.5, 0.6) is 0 Å². The smallest absolute Gasteiger partial charge is 0.416 e. The Balaban J connectivity index is 1.53. The van der Waals surface area contributed by atoms with E-state index in [0.717, 1.165) is 6.07 Å². The normalized spacial score (nSPS) is 11.6. The first kappa shape index (κ1) is 18.7. The van der Waals surface area contributed by atoms with Crippen LogP contribution in [0, 0.1) is 0 Å². The number of alkyl halides is 3. The van der Waals surface area contributed by atoms with E-state index in [1.807, 2.05) is 18.2 Å². The summed E-state index contributed by atoms with van der Waals surface area (Å²) in [6.45, 7) is 0. The van der Waals surface area contributed by atoms with Gasteiger partial charge in [0.25, 0.3) is 0 Å². The number of hydrogen-bond donors (Lipinski definition) is 1. The van der Waals surface area contributed by atoms with Gasteiger partial charge in [-0.1, -0.05) is 36.4 Å². The monoisotopic (exact) mass is 396 g/mol. The van der Waals surface area contributed by atoms with Gasteiger partial charge in [0.05, 0.1) is 12.0 Å². The highest BCUT2D eigenvalue weighted by atomic mass is 19.4. The highest BCUT2D eigenvalue weighted by Crippen LogP contribution is 2.32. The molecular weight excluding hydrogens is 381 g/mol. The van der Waals surface area contributed by atoms with E-state index in [0.29, 0.717) is 28.2 Å². The zero-order chi connectivity index (χ0) is 20.4. The molecule has 0 spiro atoms. The number of amides is 1. The van der Waals surface area contributed by atoms with Crippen LogP contribution in [0.15, 0.2) is 77.2 Å². The molecule has 1 aromatic heterocycles. The molecule has 0 aliphatic heterocycles. The van der Waals surface area contributed by atoms with E-state index in [1.165, 1.54) is 18.2 Å². The summed E-state index contributed by atoms with van der Waals surface area (Å²) in [5, 5.41) is 2.64. The number of carbonyl (C=O) groups excluding carboxylic acids is 1. The number of halogens is 3. The van der Waals surface area contributed by atoms with Crippen LogP contribution in [-0.2, 0) is 17.4 Å². The van der Waals surface area contributed by atoms with Gasteiger partial charge in [0.1, 0.15) is 5.52 Å². The molecule has 0 bridgehead atoms. The molecule has 29 heavy (non-hydrogen) atoms. The number of para-hydroxylation sites is 2. The number of hydrogen-bond acceptors (Lipinski definition) is 3. The molecule has 4 rings (SSSR count). The zero-order valence-electron chi connectivity index (χ0n) is 15.0. The molecule has 146 valence electrons. The van der Waals surface area contributed by atoms with Crippen LogP contribution in [0.2, 0.25) is 0 Å². The lowest BCUT2D eigenvalue weighted by atomic mass is 10.0. The zero-order valence-corrected chi connectivity index (χ0v) is 15.0. The van der Waals surface area contributed by atoms with Gasteiger partial charge in [-0.15, -0.1) is 0 Å². The highest BCUT2D eigenvalue weighted by Gasteiger charge is 2.33. The summed E-state index contributed by atoms with van der Waals surface area (Å²) in [6, 6.07) is 19.2. The van der Waals surface area contributed by atoms with Crippen molar-refractivity contribution in [2.45, 2.75) is 12.6 Å². The van der Waals surface area contributed by atoms with Crippen LogP contribution in [-0.4, -0.2) is 10.9 Å². The fraction of sp³-hybridized carbons (Fsp3) is 0.0909. The summed E-state index contributed by atoms with van der Waals surface area (Å²) >= 11 is 0. The van der Waals surface area contributed by atoms with Gasteiger partial charge in [0, 0.05) is 11.3 Å². The average Bonchev–Trinajstić information content (AvgIpc) is 3.12. The molecule has 0 atom stereocenters. The lowest BCUT2D eigenvalue weighted by molar-refractivity contribution is -0.138. The van der Waals surface area contributed by atoms with E-state index in [1.54, 1.807) is 30.3 Å². The van der Waals surface area contributed by atoms with Crippen molar-refractivity contribution < 1.29 is 22.4 Å². The number of nitrogens with one attached hydrogen (secondary N) is 1. The van der Waals surface area contributed by atoms with E-state index in [9.17, 15) is 18.0 Å². The van der Waals surface area contributed by atoms with Crippen LogP contribution in [0.1, 0.15) is 11.1 Å². The summed E-state index contributed by atoms with van der Waals surface area (Å²) < 4.78 is 45.0. The Morgan fingerprint density at radius 2 is 1.72 bits per heavy atom. The molecule has 4 nitrogen and oxygen atoms in total. The molecule has 0 aliphatic rings. The van der Waals surface area contributed by atoms with Crippen molar-refractivity contribution in [2.24, 2.45) is 0 Å². The molecule has 0 saturated heterocycles. The number of anilines is 1. The maximum atomic E-state index is 13.1. The maximum Gasteiger partial charge on any atom is 0.416 e. The largest absolute Gasteiger partial charge is 0.436 e. The van der Waals surface area contributed by atoms with E-state index >= 15 is 0 Å². The second-order valence-corrected chi connectivity index (χ2v) is 6.45. The Morgan fingerprint density at radius 3 is 2.52 bits per heavy atom. The minimum atomic E-state index is -4.51. The van der Waals surface area contributed by atoms with Crippen LogP contribution < -0.4 is 5.32 Å². The lowest BCUT2D eigenvalue weighted by Gasteiger charge is -2.12. The van der Waals surface area contributed by atoms with Crippen LogP contribution >= 0.6 is 0 Å². The molecule has 1 amide bonds. The Morgan fingerprint density at radius 1 is 0.966 bits per heavy atom. The minimum absolute atomic E-state index is 0.0763. The first-order valence-electron chi connectivity index (χ1n) is 8.81. The molecule has 3 aromatic carbocycles. The molecule has 4 aromatic rings. The predicted molar refractivity (Wildman–Crippen MR) is 103 cm³/mol. The Bertz CT molecular complexity index is 1150. The van der Waals surface area contributed by atoms with Crippen molar-refractivity contribution in [3.8, 4) is 11.5 Å². The SMILES string of the molecule is O=C(Cc1ccccc1C(F)(F)F)Nc1cccc(-c2nc3ccccc3o2)c1. The van der Waals surface area contributed by atoms with Crippen molar-refractivity contribution >= 4 is 22.7 Å². The van der Waals surface area contributed by atoms with Crippen LogP contribution in [0.4, 0.5) is 18.9 Å². The maximum absolute atomic E-state index is 13.1. The van der Waals surface area contributed by atoms with E-state index in [-0.39, 0.29) is 12.0 Å². The Labute approximate surface area is 164 Å². The van der Waals surface area contributed by atoms with Gasteiger partial charge < -0.3 is 9.73 Å². The number of carbonyl (C=O) groups is 1. The molecule has 0 fully saturated rings. The number of aromatic nitrogens is 1. The molecule has 1 heterocycles. The second kappa shape index (κ2) is 7.43. The standard InChI is InChI=1S/C22H15F3N2O2/c23-22(24,25)17-9-2-1-6-14(17)13-20(28)26-16-8-5-7-15(12-16)21-27-18-10-3-4-11-19(18)29-21/h1-12H,13H2,(H,26,28). The summed E-state index contributed by atoms with van der Waals surface area (Å²) in [5.74, 6) is -0.152. The van der Waals surface area contributed by atoms with Crippen molar-refractivity contribution in [3.05, 3.63) is 83.9 Å². The van der Waals surface area contributed by atoms with Crippen LogP contribution in [0.3, 0.4) is 0 Å². The third-order valence-corrected chi connectivity index (χ3v) is 4.36. The number of rotatable bonds is 4. The number of fused-ring (bicyclic) bond motifs is 1. The van der Waals surface area contributed by atoms with Crippen LogP contribution in [0.25, 0.3) is 22.6 Å². The summed E-state index contributed by atoms with van der Waals surface area (Å²) in [7, 11) is 0. The molecule has 7 heteroatoms. The first-order valence-corrected chi connectivity index (χ1v) is 8.81. The lowest BCUT2D eigenvalue weighted by Crippen LogP contribution is -2.17. The molecule has 0 unspecified atom stereocenters. The third kappa shape index (κ3) is 4.13. The van der Waals surface area contributed by atoms with Gasteiger partial charge >= 0.3 is 6.18 Å². The number of oxazole rings is 1. The first-order chi connectivity index (χ1) is 13.9. The number of benzene rings is 3. The van der Waals surface area contributed by atoms with E-state index < -0.39 is 17.6 Å². The fourth-order valence-electron chi connectivity index (χ4n) is 3.05. The summed E-state index contributed by atoms with van der Waals surface area (Å²) in [5.41, 5.74) is 1.55. The Kier molecular flexibility index (Phi) is 4.80. The van der Waals surface area contributed by atoms with Gasteiger partial charge in [-0.05, 0) is 42.0 Å². The van der Waals surface area contributed by atoms with Crippen molar-refractivity contribution in [1.82, 2.24) is 4.98 Å². The second-order valence-electron chi connectivity index (χ2n) is 6.45. The number of nitrogens with zero attached hydrogens (tertiary/aromatic N) is 1. The van der Waals surface area contributed by atoms with Crippen molar-refractivity contribution in [2.75, 3.05) is 5.32 Å². The molecular formula is C22H15F3N2O2. The fourth-order valence-corrected chi connectivity index (χ4v) is 3.05. The average molecular weight is 396 g/mol. The molecule has 0 aliphatic carbocycles. The van der Waals surface area contributed by atoms with Gasteiger partial charge in [-0.2, -0.15) is 13.2 Å². The van der Waals surface area contributed by atoms with E-state index in [4.69, 9.17) is 4.42 Å². The topological polar surface area (TPSA) is 55.1 Å². The minimum Gasteiger partial charge on any atom is -0.436 e. The van der Waals surface area contributed by atoms with Crippen molar-refractivity contribution in [1.29, 1.82) is 0 Å². The van der Waals surface area contributed by atoms with E-state index in [2.05, 4.69) is 10.3 Å². The summed E-state index contributed by atoms with van der Waals surface area (Å²) in [4.78, 5) is 16.7. The van der Waals surface area contributed by atoms with Gasteiger partial charge in [-0.3, -0.25) is 4.79 Å². The molecule has 1 N–H and O–H groups in total. The molecule has 0 radical (unpaired) electrons. The van der Waals surface area contributed by atoms with Gasteiger partial charge in [0.15, 0.2) is 5.58 Å². The quantitative estimate of drug-likeness (QED) is 0.482. The van der Waals surface area contributed by atoms with Gasteiger partial charge in [0.2, 0.25) is 11.8 Å². The highest BCUT2D eigenvalue weighted by molar-refractivity contribution is 5.93. The van der Waals surface area contributed by atoms with Crippen molar-refractivity contribution in [3.63, 3.8) is 0 Å².